The number of rotatable bonds is 4. The van der Waals surface area contributed by atoms with E-state index in [-0.39, 0.29) is 17.9 Å². The minimum absolute atomic E-state index is 0.0111. The number of methoxy groups -OCH3 is 1. The molecule has 0 radical (unpaired) electrons. The number of nitrogens with one attached hydrogen (secondary N) is 1. The first kappa shape index (κ1) is 14.3. The van der Waals surface area contributed by atoms with E-state index >= 15 is 0 Å². The first-order valence-electron chi connectivity index (χ1n) is 7.20. The summed E-state index contributed by atoms with van der Waals surface area (Å²) in [6, 6.07) is -0.0238. The zero-order valence-corrected chi connectivity index (χ0v) is 11.9. The third kappa shape index (κ3) is 2.91. The highest BCUT2D eigenvalue weighted by molar-refractivity contribution is 5.94. The normalized spacial score (nSPS) is 26.6. The minimum Gasteiger partial charge on any atom is -0.385 e. The summed E-state index contributed by atoms with van der Waals surface area (Å²) in [6.45, 7) is 3.27. The lowest BCUT2D eigenvalue weighted by Crippen LogP contribution is -2.56. The third-order valence-corrected chi connectivity index (χ3v) is 4.27. The lowest BCUT2D eigenvalue weighted by molar-refractivity contribution is -0.140. The van der Waals surface area contributed by atoms with E-state index in [4.69, 9.17) is 4.74 Å². The Morgan fingerprint density at radius 1 is 1.37 bits per heavy atom. The standard InChI is InChI=1S/C14H24N2O3/c1-11-10-12(17)15-14(6-3-4-7-14)13(18)16(11)8-5-9-19-2/h11H,3-10H2,1-2H3,(H,15,17). The molecule has 2 fully saturated rings. The van der Waals surface area contributed by atoms with Crippen molar-refractivity contribution in [3.63, 3.8) is 0 Å². The molecular formula is C14H24N2O3. The lowest BCUT2D eigenvalue weighted by atomic mass is 9.95. The lowest BCUT2D eigenvalue weighted by Gasteiger charge is -2.34. The summed E-state index contributed by atoms with van der Waals surface area (Å²) in [5.41, 5.74) is -0.616. The summed E-state index contributed by atoms with van der Waals surface area (Å²) in [5.74, 6) is 0.122. The van der Waals surface area contributed by atoms with Gasteiger partial charge < -0.3 is 15.0 Å². The molecule has 2 amide bonds. The average molecular weight is 268 g/mol. The van der Waals surface area contributed by atoms with Gasteiger partial charge in [-0.1, -0.05) is 12.8 Å². The molecule has 5 heteroatoms. The molecule has 1 saturated carbocycles. The number of amides is 2. The van der Waals surface area contributed by atoms with Crippen LogP contribution in [0.15, 0.2) is 0 Å². The van der Waals surface area contributed by atoms with Gasteiger partial charge in [-0.25, -0.2) is 0 Å². The Morgan fingerprint density at radius 3 is 2.68 bits per heavy atom. The van der Waals surface area contributed by atoms with Crippen LogP contribution >= 0.6 is 0 Å². The first-order chi connectivity index (χ1) is 9.09. The Balaban J connectivity index is 2.14. The zero-order chi connectivity index (χ0) is 13.9. The first-order valence-corrected chi connectivity index (χ1v) is 7.20. The number of carbonyl (C=O) groups is 2. The highest BCUT2D eigenvalue weighted by Crippen LogP contribution is 2.34. The summed E-state index contributed by atoms with van der Waals surface area (Å²) < 4.78 is 5.05. The second-order valence-corrected chi connectivity index (χ2v) is 5.74. The van der Waals surface area contributed by atoms with Crippen LogP contribution in [0.3, 0.4) is 0 Å². The molecule has 108 valence electrons. The van der Waals surface area contributed by atoms with E-state index < -0.39 is 5.54 Å². The highest BCUT2D eigenvalue weighted by atomic mass is 16.5. The topological polar surface area (TPSA) is 58.6 Å². The fraction of sp³-hybridized carbons (Fsp3) is 0.857. The van der Waals surface area contributed by atoms with Gasteiger partial charge in [-0.3, -0.25) is 9.59 Å². The van der Waals surface area contributed by atoms with Gasteiger partial charge in [-0.05, 0) is 26.2 Å². The predicted octanol–water partition coefficient (Wildman–Crippen LogP) is 1.07. The van der Waals surface area contributed by atoms with Crippen LogP contribution in [0.4, 0.5) is 0 Å². The van der Waals surface area contributed by atoms with Crippen molar-refractivity contribution in [3.05, 3.63) is 0 Å². The monoisotopic (exact) mass is 268 g/mol. The van der Waals surface area contributed by atoms with Crippen molar-refractivity contribution in [1.29, 1.82) is 0 Å². The maximum Gasteiger partial charge on any atom is 0.248 e. The molecule has 1 aliphatic carbocycles. The number of hydrogen-bond donors (Lipinski definition) is 1. The van der Waals surface area contributed by atoms with E-state index in [0.717, 1.165) is 32.1 Å². The number of nitrogens with zero attached hydrogens (tertiary/aromatic N) is 1. The number of carbonyl (C=O) groups excluding carboxylic acids is 2. The van der Waals surface area contributed by atoms with Crippen LogP contribution in [0.25, 0.3) is 0 Å². The summed E-state index contributed by atoms with van der Waals surface area (Å²) >= 11 is 0. The van der Waals surface area contributed by atoms with Crippen LogP contribution in [-0.4, -0.2) is 48.6 Å². The van der Waals surface area contributed by atoms with Gasteiger partial charge in [0.05, 0.1) is 0 Å². The molecule has 1 N–H and O–H groups in total. The number of hydrogen-bond acceptors (Lipinski definition) is 3. The van der Waals surface area contributed by atoms with Crippen molar-refractivity contribution < 1.29 is 14.3 Å². The smallest absolute Gasteiger partial charge is 0.248 e. The summed E-state index contributed by atoms with van der Waals surface area (Å²) in [4.78, 5) is 26.6. The van der Waals surface area contributed by atoms with Crippen molar-refractivity contribution in [2.45, 2.75) is 57.0 Å². The second-order valence-electron chi connectivity index (χ2n) is 5.74. The molecule has 0 aromatic carbocycles. The van der Waals surface area contributed by atoms with E-state index in [1.165, 1.54) is 0 Å². The highest BCUT2D eigenvalue weighted by Gasteiger charge is 2.47. The van der Waals surface area contributed by atoms with E-state index in [1.807, 2.05) is 11.8 Å². The van der Waals surface area contributed by atoms with Crippen molar-refractivity contribution in [3.8, 4) is 0 Å². The fourth-order valence-corrected chi connectivity index (χ4v) is 3.24. The quantitative estimate of drug-likeness (QED) is 0.776. The van der Waals surface area contributed by atoms with Crippen molar-refractivity contribution in [2.75, 3.05) is 20.3 Å². The molecular weight excluding hydrogens is 244 g/mol. The molecule has 2 rings (SSSR count). The SMILES string of the molecule is COCCCN1C(=O)C2(CCCC2)NC(=O)CC1C. The Morgan fingerprint density at radius 2 is 2.05 bits per heavy atom. The van der Waals surface area contributed by atoms with Crippen LogP contribution in [0, 0.1) is 0 Å². The van der Waals surface area contributed by atoms with Gasteiger partial charge in [-0.2, -0.15) is 0 Å². The van der Waals surface area contributed by atoms with Crippen LogP contribution in [0.5, 0.6) is 0 Å². The van der Waals surface area contributed by atoms with Crippen LogP contribution in [0.1, 0.15) is 45.4 Å². The van der Waals surface area contributed by atoms with Crippen LogP contribution < -0.4 is 5.32 Å². The molecule has 1 spiro atoms. The fourth-order valence-electron chi connectivity index (χ4n) is 3.24. The molecule has 0 aromatic rings. The zero-order valence-electron chi connectivity index (χ0n) is 11.9. The van der Waals surface area contributed by atoms with Crippen molar-refractivity contribution >= 4 is 11.8 Å². The van der Waals surface area contributed by atoms with Gasteiger partial charge in [0.25, 0.3) is 0 Å². The second kappa shape index (κ2) is 5.90. The third-order valence-electron chi connectivity index (χ3n) is 4.27. The summed E-state index contributed by atoms with van der Waals surface area (Å²) in [7, 11) is 1.66. The minimum atomic E-state index is -0.616. The maximum absolute atomic E-state index is 12.8. The van der Waals surface area contributed by atoms with E-state index in [1.54, 1.807) is 7.11 Å². The molecule has 0 bridgehead atoms. The van der Waals surface area contributed by atoms with E-state index in [0.29, 0.717) is 19.6 Å². The van der Waals surface area contributed by atoms with Gasteiger partial charge in [0.2, 0.25) is 11.8 Å². The summed E-state index contributed by atoms with van der Waals surface area (Å²) in [6.07, 6.45) is 4.83. The Bertz CT molecular complexity index is 351. The molecule has 1 unspecified atom stereocenters. The average Bonchev–Trinajstić information content (AvgIpc) is 2.80. The van der Waals surface area contributed by atoms with E-state index in [9.17, 15) is 9.59 Å². The number of ether oxygens (including phenoxy) is 1. The summed E-state index contributed by atoms with van der Waals surface area (Å²) in [5, 5.41) is 2.99. The van der Waals surface area contributed by atoms with Crippen LogP contribution in [0.2, 0.25) is 0 Å². The van der Waals surface area contributed by atoms with Gasteiger partial charge in [0.15, 0.2) is 0 Å². The van der Waals surface area contributed by atoms with Gasteiger partial charge in [0, 0.05) is 32.7 Å². The van der Waals surface area contributed by atoms with Gasteiger partial charge in [0.1, 0.15) is 5.54 Å². The largest absolute Gasteiger partial charge is 0.385 e. The van der Waals surface area contributed by atoms with Crippen molar-refractivity contribution in [2.24, 2.45) is 0 Å². The van der Waals surface area contributed by atoms with Crippen LogP contribution in [-0.2, 0) is 14.3 Å². The molecule has 1 aliphatic heterocycles. The molecule has 2 aliphatic rings. The van der Waals surface area contributed by atoms with Crippen molar-refractivity contribution in [1.82, 2.24) is 10.2 Å². The maximum atomic E-state index is 12.8. The Hall–Kier alpha value is -1.10. The van der Waals surface area contributed by atoms with Gasteiger partial charge in [-0.15, -0.1) is 0 Å². The molecule has 5 nitrogen and oxygen atoms in total. The molecule has 19 heavy (non-hydrogen) atoms. The molecule has 1 heterocycles. The molecule has 1 atom stereocenters. The van der Waals surface area contributed by atoms with E-state index in [2.05, 4.69) is 5.32 Å². The Kier molecular flexibility index (Phi) is 4.45. The predicted molar refractivity (Wildman–Crippen MR) is 71.6 cm³/mol. The molecule has 0 aromatic heterocycles. The Labute approximate surface area is 114 Å². The molecule has 1 saturated heterocycles. The van der Waals surface area contributed by atoms with Gasteiger partial charge >= 0.3 is 0 Å².